The normalized spacial score (nSPS) is 17.9. The summed E-state index contributed by atoms with van der Waals surface area (Å²) in [5.41, 5.74) is 0.363. The first-order valence-electron chi connectivity index (χ1n) is 6.41. The molecule has 0 aliphatic carbocycles. The average Bonchev–Trinajstić information content (AvgIpc) is 3.13. The predicted molar refractivity (Wildman–Crippen MR) is 69.7 cm³/mol. The van der Waals surface area contributed by atoms with E-state index in [0.717, 1.165) is 6.42 Å². The largest absolute Gasteiger partial charge is 0.357 e. The van der Waals surface area contributed by atoms with Crippen LogP contribution < -0.4 is 10.6 Å². The van der Waals surface area contributed by atoms with Crippen molar-refractivity contribution in [2.75, 3.05) is 20.1 Å². The van der Waals surface area contributed by atoms with Crippen molar-refractivity contribution >= 4 is 17.7 Å². The number of aromatic nitrogens is 2. The second-order valence-corrected chi connectivity index (χ2v) is 4.53. The Hall–Kier alpha value is -2.38. The molecule has 1 aromatic heterocycles. The van der Waals surface area contributed by atoms with Crippen LogP contribution in [0.15, 0.2) is 12.4 Å². The molecule has 1 atom stereocenters. The lowest BCUT2D eigenvalue weighted by Gasteiger charge is -2.23. The zero-order chi connectivity index (χ0) is 14.5. The van der Waals surface area contributed by atoms with Crippen molar-refractivity contribution in [1.29, 1.82) is 0 Å². The molecule has 0 radical (unpaired) electrons. The average molecular weight is 279 g/mol. The van der Waals surface area contributed by atoms with Gasteiger partial charge in [0, 0.05) is 19.8 Å². The molecule has 0 aromatic carbocycles. The maximum atomic E-state index is 12.1. The van der Waals surface area contributed by atoms with Crippen molar-refractivity contribution in [2.45, 2.75) is 18.9 Å². The number of hydrogen-bond donors (Lipinski definition) is 3. The van der Waals surface area contributed by atoms with E-state index in [0.29, 0.717) is 18.5 Å². The Morgan fingerprint density at radius 3 is 2.95 bits per heavy atom. The molecule has 20 heavy (non-hydrogen) atoms. The minimum atomic E-state index is -0.432. The van der Waals surface area contributed by atoms with Crippen LogP contribution in [0.1, 0.15) is 23.2 Å². The third-order valence-corrected chi connectivity index (χ3v) is 3.28. The Bertz CT molecular complexity index is 499. The van der Waals surface area contributed by atoms with Gasteiger partial charge < -0.3 is 15.5 Å². The lowest BCUT2D eigenvalue weighted by atomic mass is 10.2. The molecule has 8 nitrogen and oxygen atoms in total. The van der Waals surface area contributed by atoms with Crippen LogP contribution >= 0.6 is 0 Å². The van der Waals surface area contributed by atoms with Crippen LogP contribution in [0, 0.1) is 0 Å². The summed E-state index contributed by atoms with van der Waals surface area (Å²) in [6.07, 6.45) is 4.27. The van der Waals surface area contributed by atoms with E-state index >= 15 is 0 Å². The quantitative estimate of drug-likeness (QED) is 0.648. The number of amides is 3. The van der Waals surface area contributed by atoms with Crippen LogP contribution in [0.4, 0.5) is 0 Å². The van der Waals surface area contributed by atoms with E-state index in [1.54, 1.807) is 7.05 Å². The van der Waals surface area contributed by atoms with Crippen molar-refractivity contribution in [3.63, 3.8) is 0 Å². The summed E-state index contributed by atoms with van der Waals surface area (Å²) in [6.45, 7) is 0.413. The van der Waals surface area contributed by atoms with E-state index < -0.39 is 6.04 Å². The Labute approximate surface area is 115 Å². The number of nitrogens with zero attached hydrogens (tertiary/aromatic N) is 2. The summed E-state index contributed by atoms with van der Waals surface area (Å²) in [5, 5.41) is 11.2. The fourth-order valence-corrected chi connectivity index (χ4v) is 2.24. The lowest BCUT2D eigenvalue weighted by Crippen LogP contribution is -2.48. The highest BCUT2D eigenvalue weighted by Crippen LogP contribution is 2.17. The van der Waals surface area contributed by atoms with Crippen molar-refractivity contribution in [3.05, 3.63) is 18.0 Å². The van der Waals surface area contributed by atoms with Crippen molar-refractivity contribution in [1.82, 2.24) is 25.7 Å². The molecule has 2 rings (SSSR count). The molecule has 1 aliphatic rings. The van der Waals surface area contributed by atoms with Gasteiger partial charge in [0.2, 0.25) is 11.8 Å². The maximum Gasteiger partial charge on any atom is 0.254 e. The number of H-pyrrole nitrogens is 1. The SMILES string of the molecule is CNC(=O)C1CCCN1C(=O)CNC(=O)c1cn[nH]c1. The summed E-state index contributed by atoms with van der Waals surface area (Å²) in [5.74, 6) is -0.798. The summed E-state index contributed by atoms with van der Waals surface area (Å²) >= 11 is 0. The zero-order valence-electron chi connectivity index (χ0n) is 11.2. The van der Waals surface area contributed by atoms with Gasteiger partial charge >= 0.3 is 0 Å². The molecule has 2 heterocycles. The van der Waals surface area contributed by atoms with Gasteiger partial charge in [0.25, 0.3) is 5.91 Å². The molecule has 0 saturated carbocycles. The molecule has 3 amide bonds. The van der Waals surface area contributed by atoms with Crippen LogP contribution in [-0.2, 0) is 9.59 Å². The van der Waals surface area contributed by atoms with Gasteiger partial charge in [0.15, 0.2) is 0 Å². The maximum absolute atomic E-state index is 12.1. The number of rotatable bonds is 4. The first kappa shape index (κ1) is 14.0. The number of carbonyl (C=O) groups excluding carboxylic acids is 3. The molecule has 108 valence electrons. The zero-order valence-corrected chi connectivity index (χ0v) is 11.2. The van der Waals surface area contributed by atoms with Gasteiger partial charge in [-0.3, -0.25) is 19.5 Å². The van der Waals surface area contributed by atoms with Crippen molar-refractivity contribution in [2.24, 2.45) is 0 Å². The number of likely N-dealkylation sites (N-methyl/N-ethyl adjacent to an activating group) is 1. The Morgan fingerprint density at radius 2 is 2.30 bits per heavy atom. The Morgan fingerprint density at radius 1 is 1.50 bits per heavy atom. The molecular weight excluding hydrogens is 262 g/mol. The van der Waals surface area contributed by atoms with Gasteiger partial charge in [-0.1, -0.05) is 0 Å². The number of hydrogen-bond acceptors (Lipinski definition) is 4. The van der Waals surface area contributed by atoms with Crippen LogP contribution in [0.5, 0.6) is 0 Å². The van der Waals surface area contributed by atoms with E-state index in [4.69, 9.17) is 0 Å². The van der Waals surface area contributed by atoms with E-state index in [1.807, 2.05) is 0 Å². The fraction of sp³-hybridized carbons (Fsp3) is 0.500. The second kappa shape index (κ2) is 6.18. The number of likely N-dealkylation sites (tertiary alicyclic amines) is 1. The molecule has 3 N–H and O–H groups in total. The summed E-state index contributed by atoms with van der Waals surface area (Å²) < 4.78 is 0. The van der Waals surface area contributed by atoms with Crippen LogP contribution in [0.25, 0.3) is 0 Å². The van der Waals surface area contributed by atoms with E-state index in [9.17, 15) is 14.4 Å². The van der Waals surface area contributed by atoms with Crippen LogP contribution in [0.2, 0.25) is 0 Å². The molecule has 1 aromatic rings. The van der Waals surface area contributed by atoms with Gasteiger partial charge in [-0.2, -0.15) is 5.10 Å². The Kier molecular flexibility index (Phi) is 4.34. The van der Waals surface area contributed by atoms with E-state index in [1.165, 1.54) is 17.3 Å². The molecule has 0 spiro atoms. The standard InChI is InChI=1S/C12H17N5O3/c1-13-12(20)9-3-2-4-17(9)10(18)7-14-11(19)8-5-15-16-6-8/h5-6,9H,2-4,7H2,1H3,(H,13,20)(H,14,19)(H,15,16). The highest BCUT2D eigenvalue weighted by Gasteiger charge is 2.33. The highest BCUT2D eigenvalue weighted by molar-refractivity contribution is 5.96. The van der Waals surface area contributed by atoms with Gasteiger partial charge in [-0.15, -0.1) is 0 Å². The van der Waals surface area contributed by atoms with Gasteiger partial charge in [0.05, 0.1) is 18.3 Å². The first-order chi connectivity index (χ1) is 9.63. The molecule has 1 unspecified atom stereocenters. The lowest BCUT2D eigenvalue weighted by molar-refractivity contribution is -0.137. The first-order valence-corrected chi connectivity index (χ1v) is 6.41. The number of aromatic amines is 1. The minimum absolute atomic E-state index is 0.127. The van der Waals surface area contributed by atoms with Crippen LogP contribution in [0.3, 0.4) is 0 Å². The molecule has 8 heteroatoms. The van der Waals surface area contributed by atoms with E-state index in [2.05, 4.69) is 20.8 Å². The summed E-state index contributed by atoms with van der Waals surface area (Å²) in [7, 11) is 1.55. The number of nitrogens with one attached hydrogen (secondary N) is 3. The van der Waals surface area contributed by atoms with E-state index in [-0.39, 0.29) is 24.3 Å². The van der Waals surface area contributed by atoms with Gasteiger partial charge in [-0.05, 0) is 12.8 Å². The fourth-order valence-electron chi connectivity index (χ4n) is 2.24. The predicted octanol–water partition coefficient (Wildman–Crippen LogP) is -1.12. The molecule has 1 aliphatic heterocycles. The smallest absolute Gasteiger partial charge is 0.254 e. The van der Waals surface area contributed by atoms with Gasteiger partial charge in [-0.25, -0.2) is 0 Å². The third kappa shape index (κ3) is 2.95. The minimum Gasteiger partial charge on any atom is -0.357 e. The van der Waals surface area contributed by atoms with Crippen molar-refractivity contribution in [3.8, 4) is 0 Å². The Balaban J connectivity index is 1.88. The molecule has 1 saturated heterocycles. The summed E-state index contributed by atoms with van der Waals surface area (Å²) in [6, 6.07) is -0.432. The highest BCUT2D eigenvalue weighted by atomic mass is 16.2. The number of carbonyl (C=O) groups is 3. The molecular formula is C12H17N5O3. The van der Waals surface area contributed by atoms with Crippen molar-refractivity contribution < 1.29 is 14.4 Å². The van der Waals surface area contributed by atoms with Gasteiger partial charge in [0.1, 0.15) is 6.04 Å². The molecule has 1 fully saturated rings. The van der Waals surface area contributed by atoms with Crippen LogP contribution in [-0.4, -0.2) is 59.0 Å². The topological polar surface area (TPSA) is 107 Å². The molecule has 0 bridgehead atoms. The second-order valence-electron chi connectivity index (χ2n) is 4.53. The monoisotopic (exact) mass is 279 g/mol. The summed E-state index contributed by atoms with van der Waals surface area (Å²) in [4.78, 5) is 36.9. The third-order valence-electron chi connectivity index (χ3n) is 3.28.